The van der Waals surface area contributed by atoms with Crippen molar-refractivity contribution in [2.75, 3.05) is 0 Å². The van der Waals surface area contributed by atoms with E-state index in [2.05, 4.69) is 426 Å². The van der Waals surface area contributed by atoms with E-state index in [1.54, 1.807) is 0 Å². The Hall–Kier alpha value is -16.1. The minimum Gasteiger partial charge on any atom is -0.0687 e. The topological polar surface area (TPSA) is 0 Å². The summed E-state index contributed by atoms with van der Waals surface area (Å²) >= 11 is 0. The van der Waals surface area contributed by atoms with Gasteiger partial charge >= 0.3 is 0 Å². The maximum Gasteiger partial charge on any atom is 0 e. The first-order valence-electron chi connectivity index (χ1n) is 18.5. The second kappa shape index (κ2) is 56.9. The van der Waals surface area contributed by atoms with Gasteiger partial charge in [0, 0.05) is 309 Å². The van der Waals surface area contributed by atoms with Crippen molar-refractivity contribution in [3.8, 4) is 0 Å². The highest BCUT2D eigenvalue weighted by atomic mass is 13.5. The van der Waals surface area contributed by atoms with Crippen molar-refractivity contribution in [1.29, 1.82) is 0 Å². The SMILES string of the molecule is C=C=C=C=C=C=C=C=C=C=C=C=C=C=C=C=C=C=C=C=C=C=C=C=C=C=C=C=C=C=C=C=C=C=C=C=C=C=C=C=C=C=C=C=C=C=C=C=C=C=C=C=C=C=C=C=C=C=C=C=C=C=C=C=C=C=C=C=C=C=C=C=C=C. The van der Waals surface area contributed by atoms with Gasteiger partial charge < -0.3 is 0 Å². The summed E-state index contributed by atoms with van der Waals surface area (Å²) in [7, 11) is 0. The molecule has 0 fully saturated rings. The van der Waals surface area contributed by atoms with Gasteiger partial charge in [0.1, 0.15) is 0 Å². The molecule has 0 aromatic heterocycles. The Morgan fingerprint density at radius 1 is 0.0676 bits per heavy atom. The first-order chi connectivity index (χ1) is 36.9. The minimum absolute atomic E-state index is 2.37. The van der Waals surface area contributed by atoms with Crippen LogP contribution in [0.1, 0.15) is 0 Å². The number of hydrogen-bond acceptors (Lipinski definition) is 0. The van der Waals surface area contributed by atoms with Crippen molar-refractivity contribution in [3.63, 3.8) is 0 Å². The van der Waals surface area contributed by atoms with Gasteiger partial charge in [-0.3, -0.25) is 0 Å². The van der Waals surface area contributed by atoms with Crippen LogP contribution < -0.4 is 0 Å². The van der Waals surface area contributed by atoms with Crippen molar-refractivity contribution in [2.45, 2.75) is 0 Å². The lowest BCUT2D eigenvalue weighted by Crippen LogP contribution is -1.26. The average Bonchev–Trinajstić information content (AvgIpc) is 3.41. The van der Waals surface area contributed by atoms with Gasteiger partial charge in [-0.05, 0) is 105 Å². The molecular weight excluding hydrogens is 889 g/mol. The van der Waals surface area contributed by atoms with E-state index in [0.717, 1.165) is 0 Å². The molecule has 0 atom stereocenters. The molecule has 0 aromatic rings. The summed E-state index contributed by atoms with van der Waals surface area (Å²) in [4.78, 5) is 0. The van der Waals surface area contributed by atoms with E-state index >= 15 is 0 Å². The van der Waals surface area contributed by atoms with Gasteiger partial charge in [-0.1, -0.05) is 11.5 Å². The lowest BCUT2D eigenvalue weighted by atomic mass is 10.6. The van der Waals surface area contributed by atoms with E-state index in [0.29, 0.717) is 0 Å². The molecule has 0 bridgehead atoms. The lowest BCUT2D eigenvalue weighted by molar-refractivity contribution is 2.10. The zero-order valence-electron chi connectivity index (χ0n) is 37.4. The molecule has 0 aromatic carbocycles. The molecule has 0 amide bonds. The first kappa shape index (κ1) is 57.9. The largest absolute Gasteiger partial charge is 0.0687 e. The maximum atomic E-state index is 3.32. The summed E-state index contributed by atoms with van der Waals surface area (Å²) in [5, 5.41) is 0. The van der Waals surface area contributed by atoms with Crippen molar-refractivity contribution in [1.82, 2.24) is 0 Å². The number of hydrogen-bond donors (Lipinski definition) is 0. The van der Waals surface area contributed by atoms with Crippen LogP contribution in [0.2, 0.25) is 0 Å². The van der Waals surface area contributed by atoms with E-state index in [-0.39, 0.29) is 0 Å². The molecule has 0 aliphatic carbocycles. The predicted octanol–water partition coefficient (Wildman–Crippen LogP) is 12.0. The van der Waals surface area contributed by atoms with Crippen molar-refractivity contribution in [3.05, 3.63) is 426 Å². The molecule has 0 aliphatic rings. The minimum atomic E-state index is 2.37. The molecule has 0 radical (unpaired) electrons. The highest BCUT2D eigenvalue weighted by Crippen LogP contribution is 1.63. The third-order valence-corrected chi connectivity index (χ3v) is 4.49. The third kappa shape index (κ3) is 55.9. The van der Waals surface area contributed by atoms with Crippen LogP contribution in [0.15, 0.2) is 426 Å². The van der Waals surface area contributed by atoms with E-state index < -0.39 is 0 Å². The lowest BCUT2D eigenvalue weighted by Gasteiger charge is -1.41. The molecule has 300 valence electrons. The van der Waals surface area contributed by atoms with Gasteiger partial charge in [0.15, 0.2) is 0 Å². The van der Waals surface area contributed by atoms with Crippen molar-refractivity contribution in [2.24, 2.45) is 0 Å². The Kier molecular flexibility index (Phi) is 44.5. The summed E-state index contributed by atoms with van der Waals surface area (Å²) in [5.41, 5.74) is 179. The van der Waals surface area contributed by atoms with Crippen LogP contribution >= 0.6 is 0 Å². The molecule has 74 heavy (non-hydrogen) atoms. The monoisotopic (exact) mass is 892 g/mol. The average molecular weight is 893 g/mol. The quantitative estimate of drug-likeness (QED) is 0.213. The fourth-order valence-corrected chi connectivity index (χ4v) is 2.21. The van der Waals surface area contributed by atoms with E-state index in [4.69, 9.17) is 0 Å². The fourth-order valence-electron chi connectivity index (χ4n) is 2.21. The molecular formula is C74H4. The van der Waals surface area contributed by atoms with Gasteiger partial charge in [-0.15, -0.1) is 0 Å². The Morgan fingerprint density at radius 2 is 0.108 bits per heavy atom. The third-order valence-electron chi connectivity index (χ3n) is 4.49. The van der Waals surface area contributed by atoms with Crippen LogP contribution in [-0.2, 0) is 0 Å². The van der Waals surface area contributed by atoms with E-state index in [1.807, 2.05) is 0 Å². The zero-order valence-corrected chi connectivity index (χ0v) is 37.4. The summed E-state index contributed by atoms with van der Waals surface area (Å²) in [6, 6.07) is 0. The van der Waals surface area contributed by atoms with Crippen LogP contribution in [0, 0.1) is 0 Å². The molecule has 0 heteroatoms. The zero-order chi connectivity index (χ0) is 52.9. The molecule has 0 saturated heterocycles. The van der Waals surface area contributed by atoms with E-state index in [9.17, 15) is 0 Å². The normalized spacial score (nSPS) is 3.95. The second-order valence-corrected chi connectivity index (χ2v) is 9.10. The van der Waals surface area contributed by atoms with Crippen LogP contribution in [0.3, 0.4) is 0 Å². The van der Waals surface area contributed by atoms with Crippen LogP contribution in [-0.4, -0.2) is 0 Å². The standard InChI is InChI=1S/C74H4/c1-3-5-7-9-11-13-15-17-19-21-23-25-27-29-31-33-35-37-39-41-43-45-47-49-51-53-55-57-59-61-63-65-67-69-71-73-74-72-70-68-66-64-62-60-58-56-54-52-50-48-46-44-42-40-38-36-34-32-30-28-26-24-22-20-18-16-14-12-10-8-6-4-2/h1-2H2. The molecule has 0 aliphatic heterocycles. The molecule has 0 saturated carbocycles. The van der Waals surface area contributed by atoms with Crippen molar-refractivity contribution < 1.29 is 0 Å². The highest BCUT2D eigenvalue weighted by Gasteiger charge is 1.48. The second-order valence-electron chi connectivity index (χ2n) is 9.10. The molecule has 0 unspecified atom stereocenters. The van der Waals surface area contributed by atoms with Crippen LogP contribution in [0.5, 0.6) is 0 Å². The van der Waals surface area contributed by atoms with E-state index in [1.165, 1.54) is 0 Å². The van der Waals surface area contributed by atoms with Gasteiger partial charge in [0.2, 0.25) is 0 Å². The summed E-state index contributed by atoms with van der Waals surface area (Å²) in [6.07, 6.45) is 0. The van der Waals surface area contributed by atoms with Crippen molar-refractivity contribution >= 4 is 0 Å². The summed E-state index contributed by atoms with van der Waals surface area (Å²) < 4.78 is 0. The van der Waals surface area contributed by atoms with Gasteiger partial charge in [0.25, 0.3) is 0 Å². The number of rotatable bonds is 0. The molecule has 0 spiro atoms. The Balaban J connectivity index is 6.14. The van der Waals surface area contributed by atoms with Crippen LogP contribution in [0.25, 0.3) is 0 Å². The Morgan fingerprint density at radius 3 is 0.149 bits per heavy atom. The predicted molar refractivity (Wildman–Crippen MR) is 264 cm³/mol. The van der Waals surface area contributed by atoms with Gasteiger partial charge in [-0.2, -0.15) is 0 Å². The molecule has 0 heterocycles. The Labute approximate surface area is 423 Å². The first-order valence-corrected chi connectivity index (χ1v) is 18.5. The highest BCUT2D eigenvalue weighted by molar-refractivity contribution is 4.99. The molecule has 0 nitrogen and oxygen atoms in total. The maximum absolute atomic E-state index is 3.32. The smallest absolute Gasteiger partial charge is 0 e. The van der Waals surface area contributed by atoms with Gasteiger partial charge in [-0.25, -0.2) is 0 Å². The van der Waals surface area contributed by atoms with Crippen LogP contribution in [0.4, 0.5) is 0 Å². The fraction of sp³-hybridized carbons (Fsp3) is 0. The van der Waals surface area contributed by atoms with Gasteiger partial charge in [0.05, 0.1) is 0 Å². The Bertz CT molecular complexity index is 5200. The summed E-state index contributed by atoms with van der Waals surface area (Å²) in [6.45, 7) is 6.63. The molecule has 0 N–H and O–H groups in total. The summed E-state index contributed by atoms with van der Waals surface area (Å²) in [5.74, 6) is 0. The molecule has 0 rings (SSSR count).